The smallest absolute Gasteiger partial charge is 0.248 e. The number of amides is 2. The fourth-order valence-corrected chi connectivity index (χ4v) is 4.10. The summed E-state index contributed by atoms with van der Waals surface area (Å²) in [5.41, 5.74) is 7.53. The van der Waals surface area contributed by atoms with Crippen molar-refractivity contribution in [3.8, 4) is 0 Å². The van der Waals surface area contributed by atoms with Gasteiger partial charge in [-0.15, -0.1) is 0 Å². The second-order valence-electron chi connectivity index (χ2n) is 7.61. The topological polar surface area (TPSA) is 87.5 Å². The van der Waals surface area contributed by atoms with Crippen LogP contribution in [0.25, 0.3) is 0 Å². The van der Waals surface area contributed by atoms with Crippen LogP contribution in [-0.4, -0.2) is 38.0 Å². The molecule has 3 rings (SSSR count). The highest BCUT2D eigenvalue weighted by atomic mass is 16.2. The molecule has 4 N–H and O–H groups in total. The molecule has 2 heterocycles. The number of nitrogens with two attached hydrogens (primary N) is 1. The third-order valence-corrected chi connectivity index (χ3v) is 5.70. The zero-order valence-electron chi connectivity index (χ0n) is 15.6. The van der Waals surface area contributed by atoms with Crippen molar-refractivity contribution in [3.63, 3.8) is 0 Å². The Bertz CT molecular complexity index is 649. The average Bonchev–Trinajstić information content (AvgIpc) is 3.16. The largest absolute Gasteiger partial charge is 0.370 e. The number of anilines is 2. The van der Waals surface area contributed by atoms with Crippen molar-refractivity contribution in [2.45, 2.75) is 39.0 Å². The van der Waals surface area contributed by atoms with Gasteiger partial charge in [0.2, 0.25) is 11.8 Å². The van der Waals surface area contributed by atoms with Crippen LogP contribution in [0.2, 0.25) is 0 Å². The minimum absolute atomic E-state index is 0.0121. The minimum atomic E-state index is -0.475. The van der Waals surface area contributed by atoms with Gasteiger partial charge in [-0.05, 0) is 68.8 Å². The fourth-order valence-electron chi connectivity index (χ4n) is 4.10. The lowest BCUT2D eigenvalue weighted by molar-refractivity contribution is -0.117. The number of carbonyl (C=O) groups is 2. The van der Waals surface area contributed by atoms with E-state index >= 15 is 0 Å². The molecule has 2 amide bonds. The number of nitrogens with zero attached hydrogens (tertiary/aromatic N) is 1. The van der Waals surface area contributed by atoms with Crippen molar-refractivity contribution in [1.82, 2.24) is 5.32 Å². The van der Waals surface area contributed by atoms with Crippen LogP contribution in [0.1, 0.15) is 49.4 Å². The molecule has 0 aromatic heterocycles. The summed E-state index contributed by atoms with van der Waals surface area (Å²) >= 11 is 0. The van der Waals surface area contributed by atoms with Crippen molar-refractivity contribution in [1.29, 1.82) is 0 Å². The molecule has 0 saturated carbocycles. The number of hydrogen-bond acceptors (Lipinski definition) is 4. The van der Waals surface area contributed by atoms with Gasteiger partial charge in [0.25, 0.3) is 0 Å². The van der Waals surface area contributed by atoms with E-state index in [1.807, 2.05) is 6.07 Å². The quantitative estimate of drug-likeness (QED) is 0.728. The van der Waals surface area contributed by atoms with Crippen molar-refractivity contribution in [2.24, 2.45) is 17.6 Å². The second kappa shape index (κ2) is 8.54. The molecular weight excluding hydrogens is 328 g/mol. The van der Waals surface area contributed by atoms with Crippen LogP contribution < -0.4 is 21.3 Å². The molecule has 26 heavy (non-hydrogen) atoms. The van der Waals surface area contributed by atoms with Crippen molar-refractivity contribution < 1.29 is 9.59 Å². The maximum absolute atomic E-state index is 12.7. The highest BCUT2D eigenvalue weighted by molar-refractivity contribution is 5.99. The first-order valence-electron chi connectivity index (χ1n) is 9.74. The Kier molecular flexibility index (Phi) is 6.14. The second-order valence-corrected chi connectivity index (χ2v) is 7.61. The molecule has 1 aromatic carbocycles. The van der Waals surface area contributed by atoms with Crippen LogP contribution in [0.15, 0.2) is 18.2 Å². The number of carbonyl (C=O) groups excluding carboxylic acids is 2. The Morgan fingerprint density at radius 1 is 1.27 bits per heavy atom. The highest BCUT2D eigenvalue weighted by Crippen LogP contribution is 2.31. The first-order valence-corrected chi connectivity index (χ1v) is 9.74. The van der Waals surface area contributed by atoms with E-state index in [1.54, 1.807) is 12.1 Å². The zero-order valence-corrected chi connectivity index (χ0v) is 15.6. The number of nitrogens with one attached hydrogen (secondary N) is 2. The summed E-state index contributed by atoms with van der Waals surface area (Å²) in [6, 6.07) is 5.35. The highest BCUT2D eigenvalue weighted by Gasteiger charge is 2.23. The average molecular weight is 358 g/mol. The Morgan fingerprint density at radius 3 is 2.62 bits per heavy atom. The standard InChI is InChI=1S/C20H30N4O2/c1-14(15-6-8-22-9-7-15)12-19(25)23-17-13-16(20(21)26)4-5-18(17)24-10-2-3-11-24/h4-5,13-15,22H,2-3,6-12H2,1H3,(H2,21,26)(H,23,25). The summed E-state index contributed by atoms with van der Waals surface area (Å²) < 4.78 is 0. The molecule has 6 heteroatoms. The maximum atomic E-state index is 12.7. The van der Waals surface area contributed by atoms with Crippen molar-refractivity contribution >= 4 is 23.2 Å². The molecule has 1 unspecified atom stereocenters. The van der Waals surface area contributed by atoms with E-state index in [4.69, 9.17) is 5.73 Å². The van der Waals surface area contributed by atoms with Crippen LogP contribution in [-0.2, 0) is 4.79 Å². The lowest BCUT2D eigenvalue weighted by atomic mass is 9.84. The van der Waals surface area contributed by atoms with E-state index in [0.717, 1.165) is 57.5 Å². The third kappa shape index (κ3) is 4.55. The first-order chi connectivity index (χ1) is 12.5. The summed E-state index contributed by atoms with van der Waals surface area (Å²) in [7, 11) is 0. The van der Waals surface area contributed by atoms with E-state index in [9.17, 15) is 9.59 Å². The lowest BCUT2D eigenvalue weighted by Gasteiger charge is -2.28. The minimum Gasteiger partial charge on any atom is -0.370 e. The molecule has 2 fully saturated rings. The molecule has 0 spiro atoms. The molecule has 6 nitrogen and oxygen atoms in total. The third-order valence-electron chi connectivity index (χ3n) is 5.70. The van der Waals surface area contributed by atoms with Crippen LogP contribution >= 0.6 is 0 Å². The summed E-state index contributed by atoms with van der Waals surface area (Å²) in [6.45, 7) is 6.19. The van der Waals surface area contributed by atoms with Crippen LogP contribution in [0.4, 0.5) is 11.4 Å². The summed E-state index contributed by atoms with van der Waals surface area (Å²) in [5, 5.41) is 6.42. The van der Waals surface area contributed by atoms with Crippen LogP contribution in [0.3, 0.4) is 0 Å². The number of hydrogen-bond donors (Lipinski definition) is 3. The first kappa shape index (κ1) is 18.7. The number of benzene rings is 1. The number of piperidine rings is 1. The summed E-state index contributed by atoms with van der Waals surface area (Å²) in [5.74, 6) is 0.485. The Morgan fingerprint density at radius 2 is 1.96 bits per heavy atom. The van der Waals surface area contributed by atoms with Gasteiger partial charge in [0.1, 0.15) is 0 Å². The molecule has 142 valence electrons. The Balaban J connectivity index is 1.70. The molecule has 2 aliphatic rings. The Hall–Kier alpha value is -2.08. The van der Waals surface area contributed by atoms with Crippen molar-refractivity contribution in [3.05, 3.63) is 23.8 Å². The molecule has 0 bridgehead atoms. The molecule has 2 saturated heterocycles. The lowest BCUT2D eigenvalue weighted by Crippen LogP contribution is -2.32. The Labute approximate surface area is 155 Å². The van der Waals surface area contributed by atoms with Gasteiger partial charge in [-0.25, -0.2) is 0 Å². The predicted molar refractivity (Wildman–Crippen MR) is 104 cm³/mol. The van der Waals surface area contributed by atoms with Gasteiger partial charge in [0.15, 0.2) is 0 Å². The normalized spacial score (nSPS) is 19.3. The maximum Gasteiger partial charge on any atom is 0.248 e. The molecule has 0 radical (unpaired) electrons. The summed E-state index contributed by atoms with van der Waals surface area (Å²) in [6.07, 6.45) is 5.07. The van der Waals surface area contributed by atoms with Crippen LogP contribution in [0, 0.1) is 11.8 Å². The molecule has 1 aromatic rings. The van der Waals surface area contributed by atoms with Gasteiger partial charge in [0.05, 0.1) is 11.4 Å². The van der Waals surface area contributed by atoms with Gasteiger partial charge >= 0.3 is 0 Å². The van der Waals surface area contributed by atoms with Gasteiger partial charge in [-0.3, -0.25) is 9.59 Å². The fraction of sp³-hybridized carbons (Fsp3) is 0.600. The molecule has 0 aliphatic carbocycles. The number of rotatable bonds is 6. The van der Waals surface area contributed by atoms with E-state index in [-0.39, 0.29) is 5.91 Å². The predicted octanol–water partition coefficient (Wildman–Crippen LogP) is 2.35. The SMILES string of the molecule is CC(CC(=O)Nc1cc(C(N)=O)ccc1N1CCCC1)C1CCNCC1. The van der Waals surface area contributed by atoms with Crippen LogP contribution in [0.5, 0.6) is 0 Å². The molecule has 1 atom stereocenters. The van der Waals surface area contributed by atoms with Crippen molar-refractivity contribution in [2.75, 3.05) is 36.4 Å². The molecular formula is C20H30N4O2. The van der Waals surface area contributed by atoms with Gasteiger partial charge in [-0.1, -0.05) is 6.92 Å². The number of primary amides is 1. The van der Waals surface area contributed by atoms with E-state index in [0.29, 0.717) is 29.5 Å². The zero-order chi connectivity index (χ0) is 18.5. The van der Waals surface area contributed by atoms with E-state index in [2.05, 4.69) is 22.5 Å². The molecule has 2 aliphatic heterocycles. The monoisotopic (exact) mass is 358 g/mol. The van der Waals surface area contributed by atoms with Gasteiger partial charge in [0, 0.05) is 25.1 Å². The van der Waals surface area contributed by atoms with Gasteiger partial charge in [-0.2, -0.15) is 0 Å². The summed E-state index contributed by atoms with van der Waals surface area (Å²) in [4.78, 5) is 26.5. The van der Waals surface area contributed by atoms with E-state index in [1.165, 1.54) is 0 Å². The van der Waals surface area contributed by atoms with E-state index < -0.39 is 5.91 Å². The van der Waals surface area contributed by atoms with Gasteiger partial charge < -0.3 is 21.3 Å².